The Morgan fingerprint density at radius 1 is 1.00 bits per heavy atom. The Hall–Kier alpha value is -4.84. The van der Waals surface area contributed by atoms with Gasteiger partial charge in [-0.1, -0.05) is 23.5 Å². The van der Waals surface area contributed by atoms with Crippen LogP contribution in [0.5, 0.6) is 23.0 Å². The van der Waals surface area contributed by atoms with Crippen molar-refractivity contribution >= 4 is 29.4 Å². The van der Waals surface area contributed by atoms with Crippen LogP contribution in [0.25, 0.3) is 6.08 Å². The van der Waals surface area contributed by atoms with E-state index in [1.54, 1.807) is 51.3 Å². The van der Waals surface area contributed by atoms with Gasteiger partial charge < -0.3 is 28.4 Å². The summed E-state index contributed by atoms with van der Waals surface area (Å²) in [6.07, 6.45) is 4.08. The number of thiazole rings is 1. The first kappa shape index (κ1) is 34.0. The van der Waals surface area contributed by atoms with Crippen LogP contribution in [0.4, 0.5) is 0 Å². The van der Waals surface area contributed by atoms with Crippen LogP contribution < -0.4 is 33.8 Å². The van der Waals surface area contributed by atoms with E-state index in [2.05, 4.69) is 16.3 Å². The zero-order valence-corrected chi connectivity index (χ0v) is 27.7. The van der Waals surface area contributed by atoms with Crippen LogP contribution in [0.2, 0.25) is 0 Å². The number of ether oxygens (including phenoxy) is 6. The van der Waals surface area contributed by atoms with Crippen molar-refractivity contribution in [3.8, 4) is 23.0 Å². The number of methoxy groups -OCH3 is 2. The number of fused-ring (bicyclic) bond motifs is 1. The molecule has 2 heterocycles. The fraction of sp³-hybridized carbons (Fsp3) is 0.353. The van der Waals surface area contributed by atoms with Gasteiger partial charge in [-0.25, -0.2) is 14.6 Å². The van der Waals surface area contributed by atoms with E-state index in [1.807, 2.05) is 26.0 Å². The van der Waals surface area contributed by atoms with Gasteiger partial charge in [-0.15, -0.1) is 6.58 Å². The molecule has 0 aliphatic carbocycles. The summed E-state index contributed by atoms with van der Waals surface area (Å²) in [5, 5.41) is 0. The molecule has 1 atom stereocenters. The topological polar surface area (TPSA) is 124 Å². The van der Waals surface area contributed by atoms with Crippen molar-refractivity contribution < 1.29 is 38.0 Å². The fourth-order valence-corrected chi connectivity index (χ4v) is 6.15. The van der Waals surface area contributed by atoms with E-state index in [0.717, 1.165) is 11.1 Å². The van der Waals surface area contributed by atoms with E-state index in [4.69, 9.17) is 23.7 Å². The number of aromatic nitrogens is 1. The summed E-state index contributed by atoms with van der Waals surface area (Å²) in [5.41, 5.74) is 2.47. The van der Waals surface area contributed by atoms with E-state index in [-0.39, 0.29) is 24.3 Å². The lowest BCUT2D eigenvalue weighted by Gasteiger charge is -2.25. The molecule has 46 heavy (non-hydrogen) atoms. The number of benzene rings is 2. The van der Waals surface area contributed by atoms with Gasteiger partial charge in [0.2, 0.25) is 0 Å². The highest BCUT2D eigenvalue weighted by Crippen LogP contribution is 2.37. The van der Waals surface area contributed by atoms with Gasteiger partial charge in [-0.2, -0.15) is 0 Å². The van der Waals surface area contributed by atoms with Gasteiger partial charge in [0.25, 0.3) is 5.56 Å². The smallest absolute Gasteiger partial charge is 0.343 e. The molecule has 1 aliphatic heterocycles. The van der Waals surface area contributed by atoms with E-state index in [1.165, 1.54) is 23.0 Å². The number of nitrogens with zero attached hydrogens (tertiary/aromatic N) is 2. The third kappa shape index (κ3) is 7.17. The molecule has 0 unspecified atom stereocenters. The predicted octanol–water partition coefficient (Wildman–Crippen LogP) is 3.88. The van der Waals surface area contributed by atoms with Crippen molar-refractivity contribution in [3.05, 3.63) is 90.6 Å². The molecular weight excluding hydrogens is 612 g/mol. The van der Waals surface area contributed by atoms with Gasteiger partial charge in [-0.3, -0.25) is 9.36 Å². The quantitative estimate of drug-likeness (QED) is 0.189. The highest BCUT2D eigenvalue weighted by atomic mass is 32.1. The normalized spacial score (nSPS) is 14.2. The average molecular weight is 651 g/mol. The summed E-state index contributed by atoms with van der Waals surface area (Å²) in [7, 11) is 2.85. The highest BCUT2D eigenvalue weighted by Gasteiger charge is 2.34. The first-order valence-corrected chi connectivity index (χ1v) is 15.6. The number of allylic oxidation sites excluding steroid dienone is 2. The number of carbonyl (C=O) groups excluding carboxylic acids is 2. The first-order chi connectivity index (χ1) is 22.2. The number of hydrogen-bond donors (Lipinski definition) is 0. The van der Waals surface area contributed by atoms with Crippen LogP contribution in [0.3, 0.4) is 0 Å². The summed E-state index contributed by atoms with van der Waals surface area (Å²) < 4.78 is 34.9. The lowest BCUT2D eigenvalue weighted by atomic mass is 9.95. The van der Waals surface area contributed by atoms with Gasteiger partial charge in [0.05, 0.1) is 55.9 Å². The minimum absolute atomic E-state index is 0.143. The summed E-state index contributed by atoms with van der Waals surface area (Å²) in [4.78, 5) is 44.3. The Kier molecular flexibility index (Phi) is 11.4. The maximum absolute atomic E-state index is 14.2. The van der Waals surface area contributed by atoms with Crippen LogP contribution in [0.15, 0.2) is 64.0 Å². The van der Waals surface area contributed by atoms with Crippen molar-refractivity contribution in [3.63, 3.8) is 0 Å². The molecule has 244 valence electrons. The lowest BCUT2D eigenvalue weighted by Crippen LogP contribution is -2.40. The summed E-state index contributed by atoms with van der Waals surface area (Å²) in [5.74, 6) is 0.669. The second-order valence-corrected chi connectivity index (χ2v) is 11.0. The molecule has 0 spiro atoms. The summed E-state index contributed by atoms with van der Waals surface area (Å²) >= 11 is 1.21. The monoisotopic (exact) mass is 650 g/mol. The van der Waals surface area contributed by atoms with Crippen LogP contribution in [0, 0.1) is 0 Å². The molecule has 0 radical (unpaired) electrons. The molecule has 1 aromatic heterocycles. The zero-order chi connectivity index (χ0) is 33.4. The van der Waals surface area contributed by atoms with Crippen molar-refractivity contribution in [2.45, 2.75) is 40.2 Å². The van der Waals surface area contributed by atoms with Gasteiger partial charge in [0, 0.05) is 5.56 Å². The Balaban J connectivity index is 1.93. The second-order valence-electron chi connectivity index (χ2n) is 9.94. The molecule has 1 aliphatic rings. The minimum atomic E-state index is -0.877. The largest absolute Gasteiger partial charge is 0.493 e. The molecule has 0 N–H and O–H groups in total. The number of hydrogen-bond acceptors (Lipinski definition) is 11. The molecule has 0 amide bonds. The fourth-order valence-electron chi connectivity index (χ4n) is 5.10. The van der Waals surface area contributed by atoms with E-state index in [9.17, 15) is 14.4 Å². The first-order valence-electron chi connectivity index (χ1n) is 14.8. The van der Waals surface area contributed by atoms with Crippen molar-refractivity contribution in [1.82, 2.24) is 4.57 Å². The lowest BCUT2D eigenvalue weighted by molar-refractivity contribution is -0.143. The van der Waals surface area contributed by atoms with Gasteiger partial charge in [-0.05, 0) is 75.6 Å². The highest BCUT2D eigenvalue weighted by molar-refractivity contribution is 7.07. The molecule has 0 saturated heterocycles. The van der Waals surface area contributed by atoms with Gasteiger partial charge in [0.1, 0.15) is 0 Å². The third-order valence-electron chi connectivity index (χ3n) is 6.99. The number of carbonyl (C=O) groups is 2. The summed E-state index contributed by atoms with van der Waals surface area (Å²) in [6.45, 7) is 11.5. The van der Waals surface area contributed by atoms with Crippen LogP contribution in [-0.4, -0.2) is 57.2 Å². The molecular formula is C34H38N2O9S. The maximum atomic E-state index is 14.2. The minimum Gasteiger partial charge on any atom is -0.493 e. The Bertz CT molecular complexity index is 1840. The molecule has 4 rings (SSSR count). The van der Waals surface area contributed by atoms with E-state index >= 15 is 0 Å². The Labute approximate surface area is 271 Å². The molecule has 0 saturated carbocycles. The SMILES string of the molecule is C=CCc1cc(/C=c2\sc3n(c2=O)[C@@H](c2ccc(OCC(=O)OC)c(OCC)c2)C(C(=O)OCC)=C(C)N=3)cc(OCC)c1OC. The standard InChI is InChI=1S/C34H38N2O9S/c1-8-12-23-15-21(16-26(43-10-3)31(23)41-7)17-27-32(38)36-30(29(33(39)44-11-4)20(5)35-34(36)46-27)22-13-14-24(25(18-22)42-9-2)45-19-28(37)40-6/h8,13-18,30H,1,9-12,19H2,2-7H3/b27-17-/t30-/m0/s1. The van der Waals surface area contributed by atoms with Crippen LogP contribution in [-0.2, 0) is 25.5 Å². The van der Waals surface area contributed by atoms with Crippen molar-refractivity contribution in [2.24, 2.45) is 4.99 Å². The van der Waals surface area contributed by atoms with Gasteiger partial charge >= 0.3 is 11.9 Å². The van der Waals surface area contributed by atoms with Crippen LogP contribution in [0.1, 0.15) is 50.4 Å². The predicted molar refractivity (Wildman–Crippen MR) is 174 cm³/mol. The Morgan fingerprint density at radius 3 is 2.39 bits per heavy atom. The molecule has 11 nitrogen and oxygen atoms in total. The van der Waals surface area contributed by atoms with E-state index < -0.39 is 18.0 Å². The average Bonchev–Trinajstić information content (AvgIpc) is 3.33. The van der Waals surface area contributed by atoms with Gasteiger partial charge in [0.15, 0.2) is 34.4 Å². The molecule has 3 aromatic rings. The maximum Gasteiger partial charge on any atom is 0.343 e. The number of rotatable bonds is 14. The zero-order valence-electron chi connectivity index (χ0n) is 26.8. The molecule has 0 bridgehead atoms. The number of esters is 2. The van der Waals surface area contributed by atoms with Crippen molar-refractivity contribution in [1.29, 1.82) is 0 Å². The molecule has 2 aromatic carbocycles. The molecule has 0 fully saturated rings. The Morgan fingerprint density at radius 2 is 1.74 bits per heavy atom. The van der Waals surface area contributed by atoms with Crippen molar-refractivity contribution in [2.75, 3.05) is 40.6 Å². The van der Waals surface area contributed by atoms with E-state index in [0.29, 0.717) is 63.2 Å². The second kappa shape index (κ2) is 15.4. The molecule has 12 heteroatoms. The van der Waals surface area contributed by atoms with Crippen LogP contribution >= 0.6 is 11.3 Å². The third-order valence-corrected chi connectivity index (χ3v) is 7.98. The summed E-state index contributed by atoms with van der Waals surface area (Å²) in [6, 6.07) is 7.91.